The molecular weight excluding hydrogens is 396 g/mol. The number of non-ortho nitro benzene ring substituents is 1. The molecule has 2 aromatic rings. The highest BCUT2D eigenvalue weighted by Crippen LogP contribution is 2.24. The van der Waals surface area contributed by atoms with E-state index < -0.39 is 0 Å². The number of hydrogen-bond acceptors (Lipinski definition) is 7. The Kier molecular flexibility index (Phi) is 6.66. The summed E-state index contributed by atoms with van der Waals surface area (Å²) >= 11 is 0. The van der Waals surface area contributed by atoms with Crippen LogP contribution in [0.25, 0.3) is 0 Å². The zero-order valence-electron chi connectivity index (χ0n) is 17.8. The van der Waals surface area contributed by atoms with Crippen molar-refractivity contribution in [2.24, 2.45) is 5.16 Å². The molecule has 0 aromatic heterocycles. The van der Waals surface area contributed by atoms with E-state index in [1.54, 1.807) is 19.2 Å². The first-order valence-corrected chi connectivity index (χ1v) is 10.7. The summed E-state index contributed by atoms with van der Waals surface area (Å²) in [6.07, 6.45) is 2.72. The summed E-state index contributed by atoms with van der Waals surface area (Å²) in [6, 6.07) is 14.8. The van der Waals surface area contributed by atoms with Gasteiger partial charge in [-0.3, -0.25) is 15.0 Å². The molecule has 0 radical (unpaired) electrons. The predicted octanol–water partition coefficient (Wildman–Crippen LogP) is 3.70. The molecule has 2 aliphatic rings. The van der Waals surface area contributed by atoms with Gasteiger partial charge >= 0.3 is 0 Å². The Morgan fingerprint density at radius 2 is 1.97 bits per heavy atom. The fraction of sp³-hybridized carbons (Fsp3) is 0.435. The van der Waals surface area contributed by atoms with E-state index in [-0.39, 0.29) is 16.7 Å². The number of methoxy groups -OCH3 is 1. The third-order valence-corrected chi connectivity index (χ3v) is 5.91. The van der Waals surface area contributed by atoms with Crippen LogP contribution in [0.2, 0.25) is 0 Å². The third kappa shape index (κ3) is 5.32. The Morgan fingerprint density at radius 3 is 2.74 bits per heavy atom. The lowest BCUT2D eigenvalue weighted by Gasteiger charge is -2.36. The van der Waals surface area contributed by atoms with E-state index in [0.29, 0.717) is 6.42 Å². The number of hydrogen-bond donors (Lipinski definition) is 0. The highest BCUT2D eigenvalue weighted by molar-refractivity contribution is 6.01. The molecule has 2 aromatic carbocycles. The van der Waals surface area contributed by atoms with Gasteiger partial charge in [0.25, 0.3) is 5.69 Å². The summed E-state index contributed by atoms with van der Waals surface area (Å²) in [5.74, 6) is 0.892. The van der Waals surface area contributed by atoms with E-state index in [1.165, 1.54) is 11.8 Å². The van der Waals surface area contributed by atoms with E-state index in [4.69, 9.17) is 9.57 Å². The van der Waals surface area contributed by atoms with Crippen LogP contribution in [0, 0.1) is 10.1 Å². The topological polar surface area (TPSA) is 80.4 Å². The summed E-state index contributed by atoms with van der Waals surface area (Å²) in [5.41, 5.74) is 2.85. The highest BCUT2D eigenvalue weighted by atomic mass is 16.6. The van der Waals surface area contributed by atoms with Crippen molar-refractivity contribution in [2.45, 2.75) is 25.4 Å². The maximum atomic E-state index is 11.0. The SMILES string of the molecule is COc1cccc(N2CCN(CCCC3CC(c4cccc([N+](=O)[O-])c4)=NO3)CC2)c1. The second-order valence-electron chi connectivity index (χ2n) is 7.95. The molecular formula is C23H28N4O4. The molecule has 0 bridgehead atoms. The molecule has 1 fully saturated rings. The maximum absolute atomic E-state index is 11.0. The second kappa shape index (κ2) is 9.78. The van der Waals surface area contributed by atoms with Gasteiger partial charge in [-0.05, 0) is 31.5 Å². The predicted molar refractivity (Wildman–Crippen MR) is 120 cm³/mol. The maximum Gasteiger partial charge on any atom is 0.270 e. The molecule has 1 unspecified atom stereocenters. The molecule has 1 atom stereocenters. The zero-order valence-corrected chi connectivity index (χ0v) is 17.8. The first-order valence-electron chi connectivity index (χ1n) is 10.7. The fourth-order valence-corrected chi connectivity index (χ4v) is 4.13. The van der Waals surface area contributed by atoms with Crippen LogP contribution < -0.4 is 9.64 Å². The molecule has 2 aliphatic heterocycles. The number of benzene rings is 2. The van der Waals surface area contributed by atoms with Gasteiger partial charge in [-0.2, -0.15) is 0 Å². The Labute approximate surface area is 182 Å². The number of oxime groups is 1. The first-order chi connectivity index (χ1) is 15.1. The largest absolute Gasteiger partial charge is 0.497 e. The van der Waals surface area contributed by atoms with Gasteiger partial charge in [0.15, 0.2) is 0 Å². The average Bonchev–Trinajstić information content (AvgIpc) is 3.29. The van der Waals surface area contributed by atoms with Gasteiger partial charge in [-0.15, -0.1) is 0 Å². The normalized spacial score (nSPS) is 19.1. The quantitative estimate of drug-likeness (QED) is 0.475. The van der Waals surface area contributed by atoms with Gasteiger partial charge in [-0.1, -0.05) is 23.4 Å². The molecule has 31 heavy (non-hydrogen) atoms. The first kappa shape index (κ1) is 21.1. The van der Waals surface area contributed by atoms with Crippen LogP contribution in [0.15, 0.2) is 53.7 Å². The van der Waals surface area contributed by atoms with Crippen LogP contribution in [-0.4, -0.2) is 61.5 Å². The Balaban J connectivity index is 1.18. The molecule has 0 saturated carbocycles. The van der Waals surface area contributed by atoms with E-state index in [1.807, 2.05) is 18.2 Å². The second-order valence-corrected chi connectivity index (χ2v) is 7.95. The number of ether oxygens (including phenoxy) is 1. The van der Waals surface area contributed by atoms with Gasteiger partial charge in [0.2, 0.25) is 0 Å². The zero-order chi connectivity index (χ0) is 21.6. The molecule has 0 aliphatic carbocycles. The number of rotatable bonds is 8. The van der Waals surface area contributed by atoms with E-state index in [0.717, 1.165) is 62.6 Å². The number of nitro benzene ring substituents is 1. The van der Waals surface area contributed by atoms with E-state index in [9.17, 15) is 10.1 Å². The Morgan fingerprint density at radius 1 is 1.16 bits per heavy atom. The number of nitrogens with zero attached hydrogens (tertiary/aromatic N) is 4. The van der Waals surface area contributed by atoms with E-state index in [2.05, 4.69) is 27.1 Å². The summed E-state index contributed by atoms with van der Waals surface area (Å²) in [4.78, 5) is 21.1. The molecule has 4 rings (SSSR count). The summed E-state index contributed by atoms with van der Waals surface area (Å²) < 4.78 is 5.33. The molecule has 8 heteroatoms. The van der Waals surface area contributed by atoms with Crippen LogP contribution in [0.3, 0.4) is 0 Å². The van der Waals surface area contributed by atoms with Crippen LogP contribution >= 0.6 is 0 Å². The molecule has 2 heterocycles. The Hall–Kier alpha value is -3.13. The monoisotopic (exact) mass is 424 g/mol. The summed E-state index contributed by atoms with van der Waals surface area (Å²) in [5, 5.41) is 15.1. The minimum absolute atomic E-state index is 0.0485. The van der Waals surface area contributed by atoms with Crippen molar-refractivity contribution in [3.8, 4) is 5.75 Å². The minimum atomic E-state index is -0.384. The smallest absolute Gasteiger partial charge is 0.270 e. The minimum Gasteiger partial charge on any atom is -0.497 e. The van der Waals surface area contributed by atoms with Crippen LogP contribution in [0.5, 0.6) is 5.75 Å². The summed E-state index contributed by atoms with van der Waals surface area (Å²) in [7, 11) is 1.70. The Bertz CT molecular complexity index is 941. The average molecular weight is 425 g/mol. The molecule has 1 saturated heterocycles. The van der Waals surface area contributed by atoms with E-state index >= 15 is 0 Å². The van der Waals surface area contributed by atoms with Gasteiger partial charge in [0.05, 0.1) is 17.7 Å². The van der Waals surface area contributed by atoms with Gasteiger partial charge in [0.1, 0.15) is 11.9 Å². The highest BCUT2D eigenvalue weighted by Gasteiger charge is 2.24. The lowest BCUT2D eigenvalue weighted by atomic mass is 10.0. The lowest BCUT2D eigenvalue weighted by Crippen LogP contribution is -2.46. The van der Waals surface area contributed by atoms with Crippen LogP contribution in [0.1, 0.15) is 24.8 Å². The van der Waals surface area contributed by atoms with Crippen molar-refractivity contribution >= 4 is 17.1 Å². The molecule has 164 valence electrons. The molecule has 0 spiro atoms. The standard InChI is InChI=1S/C23H28N4O4/c1-30-21-8-3-6-19(16-21)26-13-11-25(12-14-26)10-4-9-22-17-23(24-31-22)18-5-2-7-20(15-18)27(28)29/h2-3,5-8,15-16,22H,4,9-14,17H2,1H3. The van der Waals surface area contributed by atoms with Gasteiger partial charge < -0.3 is 14.5 Å². The van der Waals surface area contributed by atoms with Crippen LogP contribution in [0.4, 0.5) is 11.4 Å². The molecule has 0 amide bonds. The van der Waals surface area contributed by atoms with Crippen molar-refractivity contribution in [3.63, 3.8) is 0 Å². The fourth-order valence-electron chi connectivity index (χ4n) is 4.13. The van der Waals surface area contributed by atoms with Gasteiger partial charge in [0, 0.05) is 62.0 Å². The van der Waals surface area contributed by atoms with Crippen molar-refractivity contribution in [3.05, 3.63) is 64.2 Å². The van der Waals surface area contributed by atoms with Crippen molar-refractivity contribution < 1.29 is 14.5 Å². The third-order valence-electron chi connectivity index (χ3n) is 5.91. The molecule has 8 nitrogen and oxygen atoms in total. The number of piperazine rings is 1. The lowest BCUT2D eigenvalue weighted by molar-refractivity contribution is -0.384. The number of nitro groups is 1. The van der Waals surface area contributed by atoms with Crippen molar-refractivity contribution in [2.75, 3.05) is 44.7 Å². The van der Waals surface area contributed by atoms with Crippen molar-refractivity contribution in [1.82, 2.24) is 4.90 Å². The van der Waals surface area contributed by atoms with Crippen LogP contribution in [-0.2, 0) is 4.84 Å². The van der Waals surface area contributed by atoms with Gasteiger partial charge in [-0.25, -0.2) is 0 Å². The number of anilines is 1. The van der Waals surface area contributed by atoms with Crippen molar-refractivity contribution in [1.29, 1.82) is 0 Å². The summed E-state index contributed by atoms with van der Waals surface area (Å²) in [6.45, 7) is 5.13. The molecule has 0 N–H and O–H groups in total.